The molecule has 1 N–H and O–H groups in total. The highest BCUT2D eigenvalue weighted by Gasteiger charge is 2.35. The van der Waals surface area contributed by atoms with Gasteiger partial charge in [-0.1, -0.05) is 13.8 Å². The summed E-state index contributed by atoms with van der Waals surface area (Å²) in [7, 11) is 1.92. The number of rotatable bonds is 4. The average Bonchev–Trinajstić information content (AvgIpc) is 2.50. The van der Waals surface area contributed by atoms with Gasteiger partial charge in [0.15, 0.2) is 5.89 Å². The summed E-state index contributed by atoms with van der Waals surface area (Å²) in [6.07, 6.45) is 4.34. The number of hydrogen-bond donors (Lipinski definition) is 1. The van der Waals surface area contributed by atoms with Crippen LogP contribution in [0.3, 0.4) is 0 Å². The molecule has 1 aliphatic rings. The molecule has 0 aromatic carbocycles. The number of aromatic nitrogens is 1. The van der Waals surface area contributed by atoms with Gasteiger partial charge in [0.1, 0.15) is 5.76 Å². The van der Waals surface area contributed by atoms with Crippen molar-refractivity contribution in [3.05, 3.63) is 17.8 Å². The van der Waals surface area contributed by atoms with E-state index in [0.717, 1.165) is 30.0 Å². The smallest absolute Gasteiger partial charge is 0.197 e. The fourth-order valence-electron chi connectivity index (χ4n) is 2.18. The lowest BCUT2D eigenvalue weighted by atomic mass is 9.69. The van der Waals surface area contributed by atoms with Crippen molar-refractivity contribution >= 4 is 0 Å². The normalized spacial score (nSPS) is 25.6. The first kappa shape index (κ1) is 10.7. The zero-order valence-electron chi connectivity index (χ0n) is 9.79. The molecule has 1 aliphatic carbocycles. The fourth-order valence-corrected chi connectivity index (χ4v) is 2.18. The fraction of sp³-hybridized carbons (Fsp3) is 0.750. The highest BCUT2D eigenvalue weighted by molar-refractivity contribution is 5.04. The molecule has 1 aromatic heterocycles. The van der Waals surface area contributed by atoms with E-state index in [-0.39, 0.29) is 0 Å². The molecule has 0 radical (unpaired) electrons. The van der Waals surface area contributed by atoms with Crippen LogP contribution in [0.25, 0.3) is 0 Å². The summed E-state index contributed by atoms with van der Waals surface area (Å²) in [4.78, 5) is 4.34. The maximum absolute atomic E-state index is 5.68. The third kappa shape index (κ3) is 2.23. The van der Waals surface area contributed by atoms with Gasteiger partial charge in [-0.25, -0.2) is 4.98 Å². The Bertz CT molecular complexity index is 313. The third-order valence-electron chi connectivity index (χ3n) is 3.39. The highest BCUT2D eigenvalue weighted by Crippen LogP contribution is 2.44. The van der Waals surface area contributed by atoms with E-state index in [2.05, 4.69) is 24.1 Å². The van der Waals surface area contributed by atoms with Gasteiger partial charge in [0.2, 0.25) is 0 Å². The Hall–Kier alpha value is -0.830. The molecular formula is C12H20N2O. The zero-order valence-corrected chi connectivity index (χ0v) is 9.79. The minimum atomic E-state index is 0.572. The molecule has 15 heavy (non-hydrogen) atoms. The minimum absolute atomic E-state index is 0.572. The Morgan fingerprint density at radius 3 is 2.87 bits per heavy atom. The van der Waals surface area contributed by atoms with Crippen molar-refractivity contribution in [2.24, 2.45) is 11.8 Å². The first-order chi connectivity index (χ1) is 7.20. The van der Waals surface area contributed by atoms with Crippen LogP contribution in [0.15, 0.2) is 10.6 Å². The van der Waals surface area contributed by atoms with Gasteiger partial charge >= 0.3 is 0 Å². The summed E-state index contributed by atoms with van der Waals surface area (Å²) in [6, 6.07) is 0. The maximum Gasteiger partial charge on any atom is 0.197 e. The molecule has 1 heterocycles. The minimum Gasteiger partial charge on any atom is -0.444 e. The summed E-state index contributed by atoms with van der Waals surface area (Å²) in [5.74, 6) is 4.13. The summed E-state index contributed by atoms with van der Waals surface area (Å²) in [5, 5.41) is 3.07. The molecule has 2 rings (SSSR count). The van der Waals surface area contributed by atoms with E-state index in [1.165, 1.54) is 12.8 Å². The van der Waals surface area contributed by atoms with Gasteiger partial charge < -0.3 is 9.73 Å². The van der Waals surface area contributed by atoms with Gasteiger partial charge in [-0.3, -0.25) is 0 Å². The van der Waals surface area contributed by atoms with E-state index < -0.39 is 0 Å². The van der Waals surface area contributed by atoms with E-state index in [0.29, 0.717) is 5.92 Å². The molecular weight excluding hydrogens is 188 g/mol. The SMILES string of the molecule is CNCc1cnc(C2CC(C(C)C)C2)o1. The Kier molecular flexibility index (Phi) is 3.10. The molecule has 1 aromatic rings. The molecule has 1 fully saturated rings. The third-order valence-corrected chi connectivity index (χ3v) is 3.39. The number of oxazole rings is 1. The van der Waals surface area contributed by atoms with Crippen LogP contribution in [0.5, 0.6) is 0 Å². The van der Waals surface area contributed by atoms with E-state index in [4.69, 9.17) is 4.42 Å². The van der Waals surface area contributed by atoms with Crippen LogP contribution >= 0.6 is 0 Å². The van der Waals surface area contributed by atoms with Crippen LogP contribution in [0, 0.1) is 11.8 Å². The lowest BCUT2D eigenvalue weighted by molar-refractivity contribution is 0.171. The second kappa shape index (κ2) is 4.35. The summed E-state index contributed by atoms with van der Waals surface area (Å²) in [5.41, 5.74) is 0. The van der Waals surface area contributed by atoms with Gasteiger partial charge in [0, 0.05) is 5.92 Å². The molecule has 3 nitrogen and oxygen atoms in total. The maximum atomic E-state index is 5.68. The summed E-state index contributed by atoms with van der Waals surface area (Å²) >= 11 is 0. The number of nitrogens with one attached hydrogen (secondary N) is 1. The molecule has 1 saturated carbocycles. The quantitative estimate of drug-likeness (QED) is 0.826. The van der Waals surface area contributed by atoms with Crippen molar-refractivity contribution in [1.82, 2.24) is 10.3 Å². The Morgan fingerprint density at radius 1 is 1.53 bits per heavy atom. The second-order valence-electron chi connectivity index (χ2n) is 4.87. The van der Waals surface area contributed by atoms with E-state index in [1.54, 1.807) is 0 Å². The van der Waals surface area contributed by atoms with Crippen molar-refractivity contribution in [3.63, 3.8) is 0 Å². The molecule has 84 valence electrons. The molecule has 3 heteroatoms. The largest absolute Gasteiger partial charge is 0.444 e. The van der Waals surface area contributed by atoms with Crippen molar-refractivity contribution in [2.45, 2.75) is 39.2 Å². The van der Waals surface area contributed by atoms with E-state index in [9.17, 15) is 0 Å². The van der Waals surface area contributed by atoms with Crippen LogP contribution in [-0.4, -0.2) is 12.0 Å². The predicted octanol–water partition coefficient (Wildman–Crippen LogP) is 2.54. The topological polar surface area (TPSA) is 38.1 Å². The number of nitrogens with zero attached hydrogens (tertiary/aromatic N) is 1. The van der Waals surface area contributed by atoms with Crippen LogP contribution in [0.1, 0.15) is 44.3 Å². The Balaban J connectivity index is 1.89. The molecule has 0 atom stereocenters. The first-order valence-corrected chi connectivity index (χ1v) is 5.80. The molecule has 0 amide bonds. The number of hydrogen-bond acceptors (Lipinski definition) is 3. The molecule has 0 aliphatic heterocycles. The first-order valence-electron chi connectivity index (χ1n) is 5.80. The van der Waals surface area contributed by atoms with E-state index >= 15 is 0 Å². The second-order valence-corrected chi connectivity index (χ2v) is 4.87. The molecule has 0 spiro atoms. The molecule has 0 unspecified atom stereocenters. The standard InChI is InChI=1S/C12H20N2O/c1-8(2)9-4-10(5-9)12-14-7-11(15-12)6-13-3/h7-10,13H,4-6H2,1-3H3. The van der Waals surface area contributed by atoms with Gasteiger partial charge in [-0.05, 0) is 31.7 Å². The highest BCUT2D eigenvalue weighted by atomic mass is 16.4. The van der Waals surface area contributed by atoms with Crippen LogP contribution in [-0.2, 0) is 6.54 Å². The van der Waals surface area contributed by atoms with Gasteiger partial charge in [0.05, 0.1) is 12.7 Å². The lowest BCUT2D eigenvalue weighted by Gasteiger charge is -2.36. The van der Waals surface area contributed by atoms with Crippen LogP contribution in [0.4, 0.5) is 0 Å². The van der Waals surface area contributed by atoms with Crippen molar-refractivity contribution in [1.29, 1.82) is 0 Å². The van der Waals surface area contributed by atoms with Crippen molar-refractivity contribution in [2.75, 3.05) is 7.05 Å². The monoisotopic (exact) mass is 208 g/mol. The Morgan fingerprint density at radius 2 is 2.27 bits per heavy atom. The lowest BCUT2D eigenvalue weighted by Crippen LogP contribution is -2.26. The summed E-state index contributed by atoms with van der Waals surface area (Å²) < 4.78 is 5.68. The van der Waals surface area contributed by atoms with Crippen LogP contribution < -0.4 is 5.32 Å². The van der Waals surface area contributed by atoms with Gasteiger partial charge in [-0.2, -0.15) is 0 Å². The molecule has 0 saturated heterocycles. The van der Waals surface area contributed by atoms with Crippen molar-refractivity contribution < 1.29 is 4.42 Å². The van der Waals surface area contributed by atoms with Gasteiger partial charge in [-0.15, -0.1) is 0 Å². The van der Waals surface area contributed by atoms with E-state index in [1.807, 2.05) is 13.2 Å². The van der Waals surface area contributed by atoms with Crippen molar-refractivity contribution in [3.8, 4) is 0 Å². The summed E-state index contributed by atoms with van der Waals surface area (Å²) in [6.45, 7) is 5.36. The zero-order chi connectivity index (χ0) is 10.8. The molecule has 0 bridgehead atoms. The Labute approximate surface area is 91.3 Å². The predicted molar refractivity (Wildman–Crippen MR) is 59.6 cm³/mol. The van der Waals surface area contributed by atoms with Gasteiger partial charge in [0.25, 0.3) is 0 Å². The van der Waals surface area contributed by atoms with Crippen LogP contribution in [0.2, 0.25) is 0 Å². The average molecular weight is 208 g/mol.